The molecule has 11 heavy (non-hydrogen) atoms. The van der Waals surface area contributed by atoms with Crippen molar-refractivity contribution in [2.24, 2.45) is 5.73 Å². The molecule has 1 heterocycles. The number of carbonyl (C=O) groups is 1. The zero-order valence-corrected chi connectivity index (χ0v) is 6.49. The Kier molecular flexibility index (Phi) is 2.46. The van der Waals surface area contributed by atoms with E-state index in [0.717, 1.165) is 6.42 Å². The highest BCUT2D eigenvalue weighted by Gasteiger charge is 2.31. The van der Waals surface area contributed by atoms with Gasteiger partial charge in [-0.05, 0) is 19.8 Å². The summed E-state index contributed by atoms with van der Waals surface area (Å²) < 4.78 is 5.16. The van der Waals surface area contributed by atoms with Crippen molar-refractivity contribution in [1.82, 2.24) is 0 Å². The number of nitrogens with two attached hydrogens (primary N) is 1. The summed E-state index contributed by atoms with van der Waals surface area (Å²) in [4.78, 5) is 10.4. The average molecular weight is 159 g/mol. The average Bonchev–Trinajstić information content (AvgIpc) is 2.33. The van der Waals surface area contributed by atoms with Crippen LogP contribution in [0.2, 0.25) is 0 Å². The first-order chi connectivity index (χ1) is 5.11. The summed E-state index contributed by atoms with van der Waals surface area (Å²) in [5.74, 6) is -0.881. The topological polar surface area (TPSA) is 72.6 Å². The Hall–Kier alpha value is -0.610. The summed E-state index contributed by atoms with van der Waals surface area (Å²) in [5, 5.41) is 8.55. The Balaban J connectivity index is 2.41. The molecule has 0 aromatic rings. The molecule has 0 aromatic heterocycles. The summed E-state index contributed by atoms with van der Waals surface area (Å²) in [6, 6.07) is -0.0700. The van der Waals surface area contributed by atoms with Gasteiger partial charge in [0.1, 0.15) is 0 Å². The maximum atomic E-state index is 10.4. The van der Waals surface area contributed by atoms with Gasteiger partial charge >= 0.3 is 5.97 Å². The van der Waals surface area contributed by atoms with Crippen LogP contribution in [0.25, 0.3) is 0 Å². The fraction of sp³-hybridized carbons (Fsp3) is 0.857. The predicted molar refractivity (Wildman–Crippen MR) is 39.2 cm³/mol. The number of carboxylic acids is 1. The van der Waals surface area contributed by atoms with Crippen molar-refractivity contribution in [3.8, 4) is 0 Å². The van der Waals surface area contributed by atoms with Crippen LogP contribution in [-0.2, 0) is 9.53 Å². The molecule has 0 amide bonds. The van der Waals surface area contributed by atoms with Crippen molar-refractivity contribution in [3.63, 3.8) is 0 Å². The third kappa shape index (κ3) is 1.91. The lowest BCUT2D eigenvalue weighted by Crippen LogP contribution is -2.32. The van der Waals surface area contributed by atoms with Gasteiger partial charge in [0, 0.05) is 6.04 Å². The van der Waals surface area contributed by atoms with Gasteiger partial charge in [-0.2, -0.15) is 0 Å². The number of hydrogen-bond acceptors (Lipinski definition) is 3. The molecular formula is C7H13NO3. The van der Waals surface area contributed by atoms with E-state index in [4.69, 9.17) is 15.6 Å². The Morgan fingerprint density at radius 1 is 1.73 bits per heavy atom. The largest absolute Gasteiger partial charge is 0.479 e. The summed E-state index contributed by atoms with van der Waals surface area (Å²) in [5.41, 5.74) is 5.54. The Labute approximate surface area is 65.3 Å². The lowest BCUT2D eigenvalue weighted by molar-refractivity contribution is -0.149. The van der Waals surface area contributed by atoms with Gasteiger partial charge in [-0.15, -0.1) is 0 Å². The smallest absolute Gasteiger partial charge is 0.332 e. The zero-order chi connectivity index (χ0) is 8.43. The lowest BCUT2D eigenvalue weighted by Gasteiger charge is -2.13. The quantitative estimate of drug-likeness (QED) is 0.593. The van der Waals surface area contributed by atoms with Crippen LogP contribution in [0.5, 0.6) is 0 Å². The van der Waals surface area contributed by atoms with E-state index in [-0.39, 0.29) is 12.1 Å². The van der Waals surface area contributed by atoms with Crippen molar-refractivity contribution in [2.45, 2.75) is 38.0 Å². The van der Waals surface area contributed by atoms with E-state index in [1.807, 2.05) is 6.92 Å². The van der Waals surface area contributed by atoms with Crippen LogP contribution < -0.4 is 5.73 Å². The highest BCUT2D eigenvalue weighted by Crippen LogP contribution is 2.21. The molecule has 0 bridgehead atoms. The lowest BCUT2D eigenvalue weighted by atomic mass is 10.1. The Morgan fingerprint density at radius 2 is 2.36 bits per heavy atom. The minimum atomic E-state index is -0.881. The number of aliphatic carboxylic acids is 1. The maximum Gasteiger partial charge on any atom is 0.332 e. The molecule has 0 saturated carbocycles. The molecule has 1 aliphatic rings. The monoisotopic (exact) mass is 159 g/mol. The molecule has 1 aliphatic heterocycles. The molecule has 0 aliphatic carbocycles. The Bertz CT molecular complexity index is 158. The number of ether oxygens (including phenoxy) is 1. The van der Waals surface area contributed by atoms with E-state index in [1.165, 1.54) is 0 Å². The van der Waals surface area contributed by atoms with Crippen molar-refractivity contribution in [1.29, 1.82) is 0 Å². The van der Waals surface area contributed by atoms with Gasteiger partial charge < -0.3 is 15.6 Å². The van der Waals surface area contributed by atoms with Crippen molar-refractivity contribution in [3.05, 3.63) is 0 Å². The van der Waals surface area contributed by atoms with Crippen LogP contribution >= 0.6 is 0 Å². The van der Waals surface area contributed by atoms with Crippen LogP contribution in [-0.4, -0.2) is 29.3 Å². The fourth-order valence-corrected chi connectivity index (χ4v) is 1.23. The van der Waals surface area contributed by atoms with Gasteiger partial charge in [0.25, 0.3) is 0 Å². The Morgan fingerprint density at radius 3 is 2.64 bits per heavy atom. The van der Waals surface area contributed by atoms with E-state index in [1.54, 1.807) is 0 Å². The van der Waals surface area contributed by atoms with E-state index in [0.29, 0.717) is 6.42 Å². The molecule has 1 fully saturated rings. The third-order valence-corrected chi connectivity index (χ3v) is 1.91. The third-order valence-electron chi connectivity index (χ3n) is 1.91. The highest BCUT2D eigenvalue weighted by atomic mass is 16.5. The fourth-order valence-electron chi connectivity index (χ4n) is 1.23. The molecule has 3 N–H and O–H groups in total. The minimum absolute atomic E-state index is 0.0700. The van der Waals surface area contributed by atoms with Crippen molar-refractivity contribution < 1.29 is 14.6 Å². The zero-order valence-electron chi connectivity index (χ0n) is 6.49. The van der Waals surface area contributed by atoms with Crippen LogP contribution in [0.4, 0.5) is 0 Å². The van der Waals surface area contributed by atoms with E-state index in [2.05, 4.69) is 0 Å². The molecule has 1 rings (SSSR count). The van der Waals surface area contributed by atoms with Crippen molar-refractivity contribution in [2.75, 3.05) is 0 Å². The van der Waals surface area contributed by atoms with E-state index >= 15 is 0 Å². The van der Waals surface area contributed by atoms with Gasteiger partial charge in [-0.1, -0.05) is 0 Å². The van der Waals surface area contributed by atoms with Crippen LogP contribution in [0.15, 0.2) is 0 Å². The summed E-state index contributed by atoms with van der Waals surface area (Å²) in [7, 11) is 0. The molecule has 64 valence electrons. The SMILES string of the molecule is C[C@@H](N)[C@@H]1CC[C@@H](C(=O)O)O1. The normalized spacial score (nSPS) is 33.6. The molecule has 0 aromatic carbocycles. The van der Waals surface area contributed by atoms with Crippen LogP contribution in [0.3, 0.4) is 0 Å². The van der Waals surface area contributed by atoms with Gasteiger partial charge in [0.05, 0.1) is 6.10 Å². The van der Waals surface area contributed by atoms with Gasteiger partial charge in [0.2, 0.25) is 0 Å². The van der Waals surface area contributed by atoms with Crippen LogP contribution in [0, 0.1) is 0 Å². The first-order valence-electron chi connectivity index (χ1n) is 3.75. The molecule has 4 nitrogen and oxygen atoms in total. The second-order valence-electron chi connectivity index (χ2n) is 2.94. The molecular weight excluding hydrogens is 146 g/mol. The minimum Gasteiger partial charge on any atom is -0.479 e. The number of rotatable bonds is 2. The second-order valence-corrected chi connectivity index (χ2v) is 2.94. The molecule has 3 atom stereocenters. The molecule has 0 radical (unpaired) electrons. The van der Waals surface area contributed by atoms with Crippen LogP contribution in [0.1, 0.15) is 19.8 Å². The van der Waals surface area contributed by atoms with Gasteiger partial charge in [-0.3, -0.25) is 0 Å². The first-order valence-corrected chi connectivity index (χ1v) is 3.75. The molecule has 4 heteroatoms. The van der Waals surface area contributed by atoms with Gasteiger partial charge in [0.15, 0.2) is 6.10 Å². The molecule has 0 unspecified atom stereocenters. The molecule has 1 saturated heterocycles. The summed E-state index contributed by atoms with van der Waals surface area (Å²) in [6.07, 6.45) is 0.637. The second kappa shape index (κ2) is 3.19. The summed E-state index contributed by atoms with van der Waals surface area (Å²) in [6.45, 7) is 1.83. The molecule has 0 spiro atoms. The first kappa shape index (κ1) is 8.49. The highest BCUT2D eigenvalue weighted by molar-refractivity contribution is 5.72. The van der Waals surface area contributed by atoms with Gasteiger partial charge in [-0.25, -0.2) is 4.79 Å². The number of hydrogen-bond donors (Lipinski definition) is 2. The standard InChI is InChI=1S/C7H13NO3/c1-4(8)5-2-3-6(11-5)7(9)10/h4-6H,2-3,8H2,1H3,(H,9,10)/t4-,5+,6+/m1/s1. The summed E-state index contributed by atoms with van der Waals surface area (Å²) >= 11 is 0. The predicted octanol–water partition coefficient (Wildman–Crippen LogP) is -0.0342. The van der Waals surface area contributed by atoms with E-state index in [9.17, 15) is 4.79 Å². The number of carboxylic acid groups (broad SMARTS) is 1. The van der Waals surface area contributed by atoms with E-state index < -0.39 is 12.1 Å². The van der Waals surface area contributed by atoms with Crippen molar-refractivity contribution >= 4 is 5.97 Å². The maximum absolute atomic E-state index is 10.4.